The van der Waals surface area contributed by atoms with Crippen molar-refractivity contribution in [3.63, 3.8) is 0 Å². The molecule has 2 saturated heterocycles. The number of hydrogen-bond donors (Lipinski definition) is 0. The molecule has 134 valence electrons. The predicted octanol–water partition coefficient (Wildman–Crippen LogP) is 0.169. The minimum absolute atomic E-state index is 0.120. The van der Waals surface area contributed by atoms with Crippen molar-refractivity contribution < 1.29 is 14.1 Å². The number of nitrogens with zero attached hydrogens (tertiary/aromatic N) is 5. The minimum Gasteiger partial charge on any atom is -0.378 e. The second-order valence-electron chi connectivity index (χ2n) is 6.38. The van der Waals surface area contributed by atoms with Crippen LogP contribution >= 0.6 is 0 Å². The van der Waals surface area contributed by atoms with Crippen LogP contribution in [-0.2, 0) is 16.0 Å². The molecule has 0 saturated carbocycles. The summed E-state index contributed by atoms with van der Waals surface area (Å²) in [5, 5.41) is 3.97. The third-order valence-electron chi connectivity index (χ3n) is 4.83. The number of aromatic nitrogens is 2. The first-order chi connectivity index (χ1) is 11.7. The van der Waals surface area contributed by atoms with Gasteiger partial charge in [-0.2, -0.15) is 4.98 Å². The Labute approximate surface area is 142 Å². The van der Waals surface area contributed by atoms with Gasteiger partial charge < -0.3 is 14.2 Å². The van der Waals surface area contributed by atoms with Crippen LogP contribution < -0.4 is 0 Å². The van der Waals surface area contributed by atoms with Crippen molar-refractivity contribution in [1.82, 2.24) is 24.8 Å². The van der Waals surface area contributed by atoms with Gasteiger partial charge in [0.1, 0.15) is 0 Å². The summed E-state index contributed by atoms with van der Waals surface area (Å²) in [6.45, 7) is 10.9. The predicted molar refractivity (Wildman–Crippen MR) is 87.5 cm³/mol. The lowest BCUT2D eigenvalue weighted by Gasteiger charge is -2.37. The summed E-state index contributed by atoms with van der Waals surface area (Å²) in [5.74, 6) is 1.65. The maximum absolute atomic E-state index is 12.3. The van der Waals surface area contributed by atoms with Crippen LogP contribution in [0.3, 0.4) is 0 Å². The first kappa shape index (κ1) is 17.3. The van der Waals surface area contributed by atoms with Crippen LogP contribution in [0.1, 0.15) is 31.6 Å². The lowest BCUT2D eigenvalue weighted by molar-refractivity contribution is -0.137. The largest absolute Gasteiger partial charge is 0.378 e. The fourth-order valence-electron chi connectivity index (χ4n) is 3.15. The number of amides is 1. The third-order valence-corrected chi connectivity index (χ3v) is 4.83. The highest BCUT2D eigenvalue weighted by Gasteiger charge is 2.27. The van der Waals surface area contributed by atoms with Crippen molar-refractivity contribution in [2.75, 3.05) is 59.0 Å². The van der Waals surface area contributed by atoms with Gasteiger partial charge in [-0.3, -0.25) is 14.6 Å². The Bertz CT molecular complexity index is 536. The summed E-state index contributed by atoms with van der Waals surface area (Å²) in [6.07, 6.45) is 0.785. The average Bonchev–Trinajstić information content (AvgIpc) is 3.11. The van der Waals surface area contributed by atoms with Crippen LogP contribution in [0.15, 0.2) is 4.52 Å². The second-order valence-corrected chi connectivity index (χ2v) is 6.38. The Balaban J connectivity index is 1.45. The summed E-state index contributed by atoms with van der Waals surface area (Å²) in [7, 11) is 0. The summed E-state index contributed by atoms with van der Waals surface area (Å²) in [6, 6.07) is 0.120. The molecule has 24 heavy (non-hydrogen) atoms. The van der Waals surface area contributed by atoms with Gasteiger partial charge in [-0.05, 0) is 6.92 Å². The maximum atomic E-state index is 12.3. The molecule has 2 aliphatic heterocycles. The zero-order valence-electron chi connectivity index (χ0n) is 14.6. The molecule has 2 aliphatic rings. The van der Waals surface area contributed by atoms with Gasteiger partial charge in [-0.25, -0.2) is 0 Å². The van der Waals surface area contributed by atoms with E-state index >= 15 is 0 Å². The van der Waals surface area contributed by atoms with Gasteiger partial charge in [-0.1, -0.05) is 12.1 Å². The van der Waals surface area contributed by atoms with Crippen molar-refractivity contribution >= 4 is 5.91 Å². The molecule has 0 unspecified atom stereocenters. The molecule has 3 heterocycles. The molecule has 1 atom stereocenters. The smallest absolute Gasteiger partial charge is 0.243 e. The number of ether oxygens (including phenoxy) is 1. The molecule has 0 spiro atoms. The highest BCUT2D eigenvalue weighted by atomic mass is 16.5. The fraction of sp³-hybridized carbons (Fsp3) is 0.812. The molecule has 8 heteroatoms. The molecule has 2 fully saturated rings. The summed E-state index contributed by atoms with van der Waals surface area (Å²) >= 11 is 0. The molecule has 1 aromatic heterocycles. The molecule has 0 aliphatic carbocycles. The van der Waals surface area contributed by atoms with Crippen LogP contribution in [0, 0.1) is 0 Å². The molecule has 0 aromatic carbocycles. The van der Waals surface area contributed by atoms with Crippen LogP contribution in [0.4, 0.5) is 0 Å². The second kappa shape index (κ2) is 8.04. The van der Waals surface area contributed by atoms with E-state index in [0.717, 1.165) is 38.4 Å². The van der Waals surface area contributed by atoms with E-state index in [4.69, 9.17) is 9.26 Å². The molecular formula is C16H27N5O3. The van der Waals surface area contributed by atoms with Crippen LogP contribution in [-0.4, -0.2) is 89.8 Å². The SMILES string of the molecule is CCc1noc([C@@H](C)N2CCN(CC(=O)N3CCOCC3)CC2)n1. The van der Waals surface area contributed by atoms with E-state index in [9.17, 15) is 4.79 Å². The lowest BCUT2D eigenvalue weighted by atomic mass is 10.2. The van der Waals surface area contributed by atoms with E-state index in [1.54, 1.807) is 0 Å². The lowest BCUT2D eigenvalue weighted by Crippen LogP contribution is -2.51. The van der Waals surface area contributed by atoms with E-state index in [0.29, 0.717) is 38.7 Å². The summed E-state index contributed by atoms with van der Waals surface area (Å²) < 4.78 is 10.7. The number of rotatable bonds is 5. The summed E-state index contributed by atoms with van der Waals surface area (Å²) in [5.41, 5.74) is 0. The van der Waals surface area contributed by atoms with Gasteiger partial charge in [0, 0.05) is 45.7 Å². The van der Waals surface area contributed by atoms with Gasteiger partial charge >= 0.3 is 0 Å². The quantitative estimate of drug-likeness (QED) is 0.758. The Morgan fingerprint density at radius 2 is 1.88 bits per heavy atom. The molecule has 1 amide bonds. The van der Waals surface area contributed by atoms with Crippen molar-refractivity contribution in [1.29, 1.82) is 0 Å². The van der Waals surface area contributed by atoms with Gasteiger partial charge in [-0.15, -0.1) is 0 Å². The van der Waals surface area contributed by atoms with Gasteiger partial charge in [0.05, 0.1) is 25.8 Å². The van der Waals surface area contributed by atoms with Crippen molar-refractivity contribution in [2.24, 2.45) is 0 Å². The van der Waals surface area contributed by atoms with Gasteiger partial charge in [0.15, 0.2) is 5.82 Å². The zero-order valence-corrected chi connectivity index (χ0v) is 14.6. The fourth-order valence-corrected chi connectivity index (χ4v) is 3.15. The summed E-state index contributed by atoms with van der Waals surface area (Å²) in [4.78, 5) is 23.2. The Morgan fingerprint density at radius 1 is 1.17 bits per heavy atom. The normalized spacial score (nSPS) is 21.8. The molecule has 0 radical (unpaired) electrons. The number of hydrogen-bond acceptors (Lipinski definition) is 7. The zero-order chi connectivity index (χ0) is 16.9. The minimum atomic E-state index is 0.120. The topological polar surface area (TPSA) is 74.9 Å². The van der Waals surface area contributed by atoms with E-state index in [-0.39, 0.29) is 11.9 Å². The van der Waals surface area contributed by atoms with E-state index in [1.165, 1.54) is 0 Å². The number of aryl methyl sites for hydroxylation is 1. The van der Waals surface area contributed by atoms with Gasteiger partial charge in [0.25, 0.3) is 0 Å². The third kappa shape index (κ3) is 4.12. The number of carbonyl (C=O) groups excluding carboxylic acids is 1. The molecule has 0 bridgehead atoms. The van der Waals surface area contributed by atoms with Crippen LogP contribution in [0.2, 0.25) is 0 Å². The average molecular weight is 337 g/mol. The van der Waals surface area contributed by atoms with Gasteiger partial charge in [0.2, 0.25) is 11.8 Å². The van der Waals surface area contributed by atoms with Crippen molar-refractivity contribution in [2.45, 2.75) is 26.3 Å². The van der Waals surface area contributed by atoms with Crippen molar-refractivity contribution in [3.8, 4) is 0 Å². The Hall–Kier alpha value is -1.51. The maximum Gasteiger partial charge on any atom is 0.243 e. The molecule has 0 N–H and O–H groups in total. The molecule has 8 nitrogen and oxygen atoms in total. The molecular weight excluding hydrogens is 310 g/mol. The monoisotopic (exact) mass is 337 g/mol. The van der Waals surface area contributed by atoms with Crippen molar-refractivity contribution in [3.05, 3.63) is 11.7 Å². The highest BCUT2D eigenvalue weighted by Crippen LogP contribution is 2.20. The first-order valence-corrected chi connectivity index (χ1v) is 8.81. The number of carbonyl (C=O) groups is 1. The van der Waals surface area contributed by atoms with E-state index in [1.807, 2.05) is 11.8 Å². The standard InChI is InChI=1S/C16H27N5O3/c1-3-14-17-16(24-18-14)13(2)20-6-4-19(5-7-20)12-15(22)21-8-10-23-11-9-21/h13H,3-12H2,1-2H3/t13-/m1/s1. The Morgan fingerprint density at radius 3 is 2.50 bits per heavy atom. The van der Waals surface area contributed by atoms with E-state index in [2.05, 4.69) is 26.9 Å². The molecule has 3 rings (SSSR count). The number of morpholine rings is 1. The number of piperazine rings is 1. The van der Waals surface area contributed by atoms with Crippen LogP contribution in [0.25, 0.3) is 0 Å². The molecule has 1 aromatic rings. The highest BCUT2D eigenvalue weighted by molar-refractivity contribution is 5.78. The first-order valence-electron chi connectivity index (χ1n) is 8.81. The van der Waals surface area contributed by atoms with Crippen LogP contribution in [0.5, 0.6) is 0 Å². The van der Waals surface area contributed by atoms with E-state index < -0.39 is 0 Å². The Kier molecular flexibility index (Phi) is 5.80.